The molecule has 60 valence electrons. The minimum atomic E-state index is -2.65. The van der Waals surface area contributed by atoms with Gasteiger partial charge in [-0.3, -0.25) is 0 Å². The van der Waals surface area contributed by atoms with E-state index < -0.39 is 9.84 Å². The molecule has 1 rings (SSSR count). The summed E-state index contributed by atoms with van der Waals surface area (Å²) in [4.78, 5) is 0. The minimum Gasteiger partial charge on any atom is -0.229 e. The zero-order valence-electron chi connectivity index (χ0n) is 6.34. The van der Waals surface area contributed by atoms with Gasteiger partial charge in [0.1, 0.15) is 0 Å². The standard InChI is InChI=1S/C7H14O2S/c1-2-4-7-5-3-6-10(7,8)9/h7H,2-6H2,1H3/t7-/m0/s1. The molecule has 0 spiro atoms. The van der Waals surface area contributed by atoms with E-state index in [1.54, 1.807) is 0 Å². The molecule has 3 heteroatoms. The van der Waals surface area contributed by atoms with Crippen molar-refractivity contribution in [1.82, 2.24) is 0 Å². The highest BCUT2D eigenvalue weighted by atomic mass is 32.2. The van der Waals surface area contributed by atoms with Crippen LogP contribution in [0.1, 0.15) is 32.6 Å². The molecule has 1 fully saturated rings. The molecule has 1 heterocycles. The lowest BCUT2D eigenvalue weighted by molar-refractivity contribution is 0.580. The molecule has 10 heavy (non-hydrogen) atoms. The van der Waals surface area contributed by atoms with E-state index in [1.807, 2.05) is 6.92 Å². The Balaban J connectivity index is 2.60. The van der Waals surface area contributed by atoms with Crippen LogP contribution >= 0.6 is 0 Å². The highest BCUT2D eigenvalue weighted by Gasteiger charge is 2.29. The van der Waals surface area contributed by atoms with Crippen LogP contribution in [0, 0.1) is 0 Å². The Hall–Kier alpha value is -0.0500. The Bertz CT molecular complexity index is 194. The van der Waals surface area contributed by atoms with Crippen LogP contribution in [-0.2, 0) is 9.84 Å². The number of rotatable bonds is 2. The normalized spacial score (nSPS) is 30.7. The topological polar surface area (TPSA) is 34.1 Å². The minimum absolute atomic E-state index is 0.00231. The molecule has 1 aliphatic heterocycles. The van der Waals surface area contributed by atoms with Gasteiger partial charge in [0.05, 0.1) is 11.0 Å². The second kappa shape index (κ2) is 2.91. The zero-order chi connectivity index (χ0) is 7.61. The fourth-order valence-corrected chi connectivity index (χ4v) is 3.53. The molecule has 2 nitrogen and oxygen atoms in total. The molecule has 0 bridgehead atoms. The number of hydrogen-bond donors (Lipinski definition) is 0. The highest BCUT2D eigenvalue weighted by molar-refractivity contribution is 7.92. The van der Waals surface area contributed by atoms with Crippen molar-refractivity contribution in [3.8, 4) is 0 Å². The van der Waals surface area contributed by atoms with Crippen molar-refractivity contribution in [2.45, 2.75) is 37.9 Å². The van der Waals surface area contributed by atoms with Crippen LogP contribution in [0.2, 0.25) is 0 Å². The molecule has 0 aliphatic carbocycles. The molecule has 1 saturated heterocycles. The molecule has 0 N–H and O–H groups in total. The van der Waals surface area contributed by atoms with Crippen LogP contribution in [0.25, 0.3) is 0 Å². The van der Waals surface area contributed by atoms with Crippen LogP contribution in [0.3, 0.4) is 0 Å². The lowest BCUT2D eigenvalue weighted by atomic mass is 10.2. The third kappa shape index (κ3) is 1.51. The summed E-state index contributed by atoms with van der Waals surface area (Å²) in [6, 6.07) is 0. The molecular formula is C7H14O2S. The first-order chi connectivity index (χ1) is 4.67. The Morgan fingerprint density at radius 2 is 2.20 bits per heavy atom. The lowest BCUT2D eigenvalue weighted by Crippen LogP contribution is -2.14. The Morgan fingerprint density at radius 1 is 1.50 bits per heavy atom. The monoisotopic (exact) mass is 162 g/mol. The van der Waals surface area contributed by atoms with E-state index in [4.69, 9.17) is 0 Å². The molecule has 0 radical (unpaired) electrons. The van der Waals surface area contributed by atoms with Gasteiger partial charge in [-0.25, -0.2) is 8.42 Å². The zero-order valence-corrected chi connectivity index (χ0v) is 7.15. The SMILES string of the molecule is CCC[C@H]1CCCS1(=O)=O. The van der Waals surface area contributed by atoms with Crippen LogP contribution in [0.15, 0.2) is 0 Å². The number of sulfone groups is 1. The summed E-state index contributed by atoms with van der Waals surface area (Å²) in [5.74, 6) is 0.428. The van der Waals surface area contributed by atoms with Crippen molar-refractivity contribution in [2.24, 2.45) is 0 Å². The molecule has 0 aromatic heterocycles. The summed E-state index contributed by atoms with van der Waals surface area (Å²) in [6.07, 6.45) is 3.63. The quantitative estimate of drug-likeness (QED) is 0.614. The van der Waals surface area contributed by atoms with Crippen LogP contribution in [-0.4, -0.2) is 19.4 Å². The van der Waals surface area contributed by atoms with Gasteiger partial charge in [0, 0.05) is 0 Å². The Morgan fingerprint density at radius 3 is 2.60 bits per heavy atom. The van der Waals surface area contributed by atoms with Crippen molar-refractivity contribution in [1.29, 1.82) is 0 Å². The van der Waals surface area contributed by atoms with Crippen LogP contribution in [0.5, 0.6) is 0 Å². The first-order valence-corrected chi connectivity index (χ1v) is 5.60. The maximum absolute atomic E-state index is 11.2. The highest BCUT2D eigenvalue weighted by Crippen LogP contribution is 2.23. The van der Waals surface area contributed by atoms with Crippen molar-refractivity contribution >= 4 is 9.84 Å². The van der Waals surface area contributed by atoms with Gasteiger partial charge in [-0.05, 0) is 19.3 Å². The van der Waals surface area contributed by atoms with E-state index in [2.05, 4.69) is 0 Å². The van der Waals surface area contributed by atoms with E-state index >= 15 is 0 Å². The Kier molecular flexibility index (Phi) is 2.34. The van der Waals surface area contributed by atoms with Crippen LogP contribution < -0.4 is 0 Å². The number of hydrogen-bond acceptors (Lipinski definition) is 2. The summed E-state index contributed by atoms with van der Waals surface area (Å²) in [7, 11) is -2.65. The second-order valence-electron chi connectivity index (χ2n) is 2.92. The summed E-state index contributed by atoms with van der Waals surface area (Å²) in [5, 5.41) is -0.00231. The predicted molar refractivity (Wildman–Crippen MR) is 41.7 cm³/mol. The molecule has 1 atom stereocenters. The molecule has 0 amide bonds. The molecule has 0 aromatic rings. The molecule has 1 aliphatic rings. The third-order valence-electron chi connectivity index (χ3n) is 2.07. The Labute approximate surface area is 62.5 Å². The van der Waals surface area contributed by atoms with Gasteiger partial charge in [-0.1, -0.05) is 13.3 Å². The van der Waals surface area contributed by atoms with Gasteiger partial charge in [0.2, 0.25) is 0 Å². The van der Waals surface area contributed by atoms with E-state index in [-0.39, 0.29) is 5.25 Å². The second-order valence-corrected chi connectivity index (χ2v) is 5.32. The average molecular weight is 162 g/mol. The first-order valence-electron chi connectivity index (χ1n) is 3.88. The molecule has 0 aromatic carbocycles. The van der Waals surface area contributed by atoms with E-state index in [1.165, 1.54) is 0 Å². The largest absolute Gasteiger partial charge is 0.229 e. The predicted octanol–water partition coefficient (Wildman–Crippen LogP) is 1.36. The third-order valence-corrected chi connectivity index (χ3v) is 4.42. The average Bonchev–Trinajstić information content (AvgIpc) is 2.13. The van der Waals surface area contributed by atoms with Gasteiger partial charge in [0.25, 0.3) is 0 Å². The van der Waals surface area contributed by atoms with Gasteiger partial charge >= 0.3 is 0 Å². The fourth-order valence-electron chi connectivity index (χ4n) is 1.50. The smallest absolute Gasteiger partial charge is 0.153 e. The van der Waals surface area contributed by atoms with Gasteiger partial charge in [-0.15, -0.1) is 0 Å². The maximum Gasteiger partial charge on any atom is 0.153 e. The summed E-state index contributed by atoms with van der Waals surface area (Å²) in [5.41, 5.74) is 0. The van der Waals surface area contributed by atoms with E-state index in [0.717, 1.165) is 25.7 Å². The van der Waals surface area contributed by atoms with Gasteiger partial charge < -0.3 is 0 Å². The molecule has 0 saturated carbocycles. The van der Waals surface area contributed by atoms with Crippen LogP contribution in [0.4, 0.5) is 0 Å². The maximum atomic E-state index is 11.2. The van der Waals surface area contributed by atoms with E-state index in [0.29, 0.717) is 5.75 Å². The fraction of sp³-hybridized carbons (Fsp3) is 1.00. The van der Waals surface area contributed by atoms with Crippen molar-refractivity contribution in [2.75, 3.05) is 5.75 Å². The van der Waals surface area contributed by atoms with Crippen molar-refractivity contribution < 1.29 is 8.42 Å². The first kappa shape index (κ1) is 8.05. The van der Waals surface area contributed by atoms with E-state index in [9.17, 15) is 8.42 Å². The molecular weight excluding hydrogens is 148 g/mol. The summed E-state index contributed by atoms with van der Waals surface area (Å²) in [6.45, 7) is 2.04. The van der Waals surface area contributed by atoms with Gasteiger partial charge in [-0.2, -0.15) is 0 Å². The van der Waals surface area contributed by atoms with Crippen molar-refractivity contribution in [3.05, 3.63) is 0 Å². The van der Waals surface area contributed by atoms with Crippen molar-refractivity contribution in [3.63, 3.8) is 0 Å². The summed E-state index contributed by atoms with van der Waals surface area (Å²) < 4.78 is 22.3. The summed E-state index contributed by atoms with van der Waals surface area (Å²) >= 11 is 0. The molecule has 0 unspecified atom stereocenters. The van der Waals surface area contributed by atoms with Gasteiger partial charge in [0.15, 0.2) is 9.84 Å². The lowest BCUT2D eigenvalue weighted by Gasteiger charge is -2.05.